The summed E-state index contributed by atoms with van der Waals surface area (Å²) in [7, 11) is -3.31. The number of ether oxygens (including phenoxy) is 2. The van der Waals surface area contributed by atoms with Gasteiger partial charge < -0.3 is 14.5 Å². The predicted molar refractivity (Wildman–Crippen MR) is 121 cm³/mol. The minimum atomic E-state index is -3.31. The quantitative estimate of drug-likeness (QED) is 0.397. The molecular formula is C23H17N5O4S. The molecule has 0 aliphatic rings. The summed E-state index contributed by atoms with van der Waals surface area (Å²) in [5, 5.41) is 0. The largest absolute Gasteiger partial charge is 0.453 e. The van der Waals surface area contributed by atoms with E-state index in [2.05, 4.69) is 24.9 Å². The number of hydrogen-bond donors (Lipinski definition) is 1. The number of imidazole rings is 1. The van der Waals surface area contributed by atoms with Crippen molar-refractivity contribution in [2.75, 3.05) is 6.26 Å². The Morgan fingerprint density at radius 1 is 0.848 bits per heavy atom. The number of rotatable bonds is 6. The van der Waals surface area contributed by atoms with E-state index in [-0.39, 0.29) is 4.90 Å². The Morgan fingerprint density at radius 2 is 1.61 bits per heavy atom. The number of aromatic nitrogens is 5. The number of pyridine rings is 1. The van der Waals surface area contributed by atoms with Crippen molar-refractivity contribution in [1.82, 2.24) is 24.9 Å². The zero-order valence-electron chi connectivity index (χ0n) is 17.3. The van der Waals surface area contributed by atoms with Crippen LogP contribution in [0.15, 0.2) is 84.4 Å². The maximum Gasteiger partial charge on any atom is 0.175 e. The highest BCUT2D eigenvalue weighted by molar-refractivity contribution is 7.90. The van der Waals surface area contributed by atoms with Crippen molar-refractivity contribution in [2.45, 2.75) is 4.90 Å². The molecular weight excluding hydrogens is 442 g/mol. The van der Waals surface area contributed by atoms with Gasteiger partial charge in [0, 0.05) is 37.0 Å². The lowest BCUT2D eigenvalue weighted by Crippen LogP contribution is -1.96. The molecule has 10 heteroatoms. The van der Waals surface area contributed by atoms with Gasteiger partial charge in [0.1, 0.15) is 17.2 Å². The van der Waals surface area contributed by atoms with E-state index in [1.54, 1.807) is 67.4 Å². The van der Waals surface area contributed by atoms with Crippen LogP contribution in [0.4, 0.5) is 0 Å². The smallest absolute Gasteiger partial charge is 0.175 e. The van der Waals surface area contributed by atoms with E-state index in [1.165, 1.54) is 12.1 Å². The minimum absolute atomic E-state index is 0.207. The molecule has 1 N–H and O–H groups in total. The van der Waals surface area contributed by atoms with Gasteiger partial charge in [0.2, 0.25) is 0 Å². The van der Waals surface area contributed by atoms with Crippen LogP contribution in [0.2, 0.25) is 0 Å². The van der Waals surface area contributed by atoms with Crippen LogP contribution in [-0.4, -0.2) is 39.6 Å². The topological polar surface area (TPSA) is 120 Å². The van der Waals surface area contributed by atoms with E-state index in [0.29, 0.717) is 45.5 Å². The van der Waals surface area contributed by atoms with Gasteiger partial charge in [-0.05, 0) is 36.4 Å². The summed E-state index contributed by atoms with van der Waals surface area (Å²) in [6.45, 7) is 0. The average Bonchev–Trinajstić information content (AvgIpc) is 3.23. The molecule has 0 saturated carbocycles. The van der Waals surface area contributed by atoms with Crippen LogP contribution in [-0.2, 0) is 9.84 Å². The number of nitrogens with one attached hydrogen (secondary N) is 1. The minimum Gasteiger partial charge on any atom is -0.453 e. The van der Waals surface area contributed by atoms with Crippen LogP contribution in [0.3, 0.4) is 0 Å². The first-order valence-corrected chi connectivity index (χ1v) is 11.7. The van der Waals surface area contributed by atoms with E-state index in [1.807, 2.05) is 0 Å². The van der Waals surface area contributed by atoms with Gasteiger partial charge in [-0.25, -0.2) is 18.4 Å². The molecule has 0 fully saturated rings. The maximum atomic E-state index is 11.7. The lowest BCUT2D eigenvalue weighted by Gasteiger charge is -2.12. The van der Waals surface area contributed by atoms with Gasteiger partial charge in [-0.1, -0.05) is 0 Å². The normalized spacial score (nSPS) is 11.4. The summed E-state index contributed by atoms with van der Waals surface area (Å²) in [5.74, 6) is 2.36. The van der Waals surface area contributed by atoms with E-state index < -0.39 is 9.84 Å². The number of H-pyrrole nitrogens is 1. The van der Waals surface area contributed by atoms with E-state index in [9.17, 15) is 8.42 Å². The van der Waals surface area contributed by atoms with Gasteiger partial charge in [0.15, 0.2) is 27.2 Å². The zero-order chi connectivity index (χ0) is 22.8. The molecule has 5 rings (SSSR count). The van der Waals surface area contributed by atoms with Crippen molar-refractivity contribution < 1.29 is 17.9 Å². The SMILES string of the molecule is CS(=O)(=O)c1ccc(Oc2cc3nc(-c4cnccn4)[nH]c3cc2Oc2cccnc2)cc1. The molecule has 0 amide bonds. The van der Waals surface area contributed by atoms with Crippen LogP contribution < -0.4 is 9.47 Å². The predicted octanol–water partition coefficient (Wildman–Crippen LogP) is 4.40. The molecule has 0 aliphatic heterocycles. The number of aromatic amines is 1. The molecule has 0 radical (unpaired) electrons. The highest BCUT2D eigenvalue weighted by Crippen LogP contribution is 2.38. The maximum absolute atomic E-state index is 11.7. The number of fused-ring (bicyclic) bond motifs is 1. The van der Waals surface area contributed by atoms with Gasteiger partial charge in [-0.15, -0.1) is 0 Å². The molecule has 0 saturated heterocycles. The fourth-order valence-corrected chi connectivity index (χ4v) is 3.77. The second-order valence-corrected chi connectivity index (χ2v) is 9.14. The summed E-state index contributed by atoms with van der Waals surface area (Å²) < 4.78 is 35.5. The van der Waals surface area contributed by atoms with Gasteiger partial charge in [0.25, 0.3) is 0 Å². The second-order valence-electron chi connectivity index (χ2n) is 7.13. The van der Waals surface area contributed by atoms with Crippen molar-refractivity contribution in [3.8, 4) is 34.5 Å². The molecule has 5 aromatic rings. The number of sulfone groups is 1. The van der Waals surface area contributed by atoms with Gasteiger partial charge in [-0.3, -0.25) is 9.97 Å². The van der Waals surface area contributed by atoms with E-state index in [4.69, 9.17) is 9.47 Å². The van der Waals surface area contributed by atoms with Crippen molar-refractivity contribution in [3.05, 3.63) is 79.5 Å². The highest BCUT2D eigenvalue weighted by Gasteiger charge is 2.15. The zero-order valence-corrected chi connectivity index (χ0v) is 18.2. The standard InChI is InChI=1S/C23H17N5O4S/c1-33(29,30)17-6-4-15(5-7-17)31-21-11-18-19(12-22(21)32-16-3-2-8-24-13-16)28-23(27-18)20-14-25-9-10-26-20/h2-14H,1H3,(H,27,28). The number of hydrogen-bond acceptors (Lipinski definition) is 8. The van der Waals surface area contributed by atoms with Crippen molar-refractivity contribution in [2.24, 2.45) is 0 Å². The van der Waals surface area contributed by atoms with Crippen LogP contribution in [0.25, 0.3) is 22.6 Å². The Kier molecular flexibility index (Phi) is 5.19. The Balaban J connectivity index is 1.56. The van der Waals surface area contributed by atoms with Crippen molar-refractivity contribution >= 4 is 20.9 Å². The third kappa shape index (κ3) is 4.51. The van der Waals surface area contributed by atoms with E-state index >= 15 is 0 Å². The molecule has 0 aliphatic carbocycles. The average molecular weight is 459 g/mol. The Hall–Kier alpha value is -4.31. The summed E-state index contributed by atoms with van der Waals surface area (Å²) in [4.78, 5) is 20.5. The fraction of sp³-hybridized carbons (Fsp3) is 0.0435. The van der Waals surface area contributed by atoms with Crippen LogP contribution in [0.5, 0.6) is 23.0 Å². The monoisotopic (exact) mass is 459 g/mol. The van der Waals surface area contributed by atoms with Crippen LogP contribution in [0, 0.1) is 0 Å². The molecule has 0 atom stereocenters. The Labute approximate surface area is 189 Å². The fourth-order valence-electron chi connectivity index (χ4n) is 3.14. The molecule has 0 bridgehead atoms. The third-order valence-corrected chi connectivity index (χ3v) is 5.82. The Bertz CT molecular complexity index is 1520. The lowest BCUT2D eigenvalue weighted by atomic mass is 10.2. The summed E-state index contributed by atoms with van der Waals surface area (Å²) in [6.07, 6.45) is 9.20. The van der Waals surface area contributed by atoms with E-state index in [0.717, 1.165) is 6.26 Å². The molecule has 9 nitrogen and oxygen atoms in total. The van der Waals surface area contributed by atoms with Crippen molar-refractivity contribution in [1.29, 1.82) is 0 Å². The number of nitrogens with zero attached hydrogens (tertiary/aromatic N) is 4. The summed E-state index contributed by atoms with van der Waals surface area (Å²) in [6, 6.07) is 13.2. The molecule has 164 valence electrons. The first kappa shape index (κ1) is 20.6. The lowest BCUT2D eigenvalue weighted by molar-refractivity contribution is 0.418. The molecule has 0 spiro atoms. The molecule has 2 aromatic carbocycles. The Morgan fingerprint density at radius 3 is 2.30 bits per heavy atom. The summed E-state index contributed by atoms with van der Waals surface area (Å²) in [5.41, 5.74) is 1.95. The molecule has 3 heterocycles. The van der Waals surface area contributed by atoms with Gasteiger partial charge in [0.05, 0.1) is 28.3 Å². The first-order valence-electron chi connectivity index (χ1n) is 9.82. The van der Waals surface area contributed by atoms with Crippen LogP contribution in [0.1, 0.15) is 0 Å². The van der Waals surface area contributed by atoms with Gasteiger partial charge in [-0.2, -0.15) is 0 Å². The van der Waals surface area contributed by atoms with Crippen LogP contribution >= 0.6 is 0 Å². The summed E-state index contributed by atoms with van der Waals surface area (Å²) >= 11 is 0. The second kappa shape index (κ2) is 8.32. The highest BCUT2D eigenvalue weighted by atomic mass is 32.2. The van der Waals surface area contributed by atoms with Crippen molar-refractivity contribution in [3.63, 3.8) is 0 Å². The number of benzene rings is 2. The van der Waals surface area contributed by atoms with Gasteiger partial charge >= 0.3 is 0 Å². The molecule has 3 aromatic heterocycles. The first-order chi connectivity index (χ1) is 16.0. The molecule has 0 unspecified atom stereocenters. The molecule has 33 heavy (non-hydrogen) atoms. The third-order valence-electron chi connectivity index (χ3n) is 4.70.